The van der Waals surface area contributed by atoms with Crippen LogP contribution in [0.15, 0.2) is 18.2 Å². The van der Waals surface area contributed by atoms with Gasteiger partial charge in [-0.3, -0.25) is 0 Å². The van der Waals surface area contributed by atoms with Crippen LogP contribution in [0.4, 0.5) is 0 Å². The Morgan fingerprint density at radius 2 is 2.00 bits per heavy atom. The van der Waals surface area contributed by atoms with Gasteiger partial charge in [-0.1, -0.05) is 0 Å². The molecule has 0 aliphatic carbocycles. The Labute approximate surface area is 85.3 Å². The van der Waals surface area contributed by atoms with Crippen LogP contribution >= 0.6 is 0 Å². The molecule has 1 aromatic rings. The molecular formula is C10H13O2Sn. The molecule has 1 N–H and O–H groups in total. The molecule has 0 fully saturated rings. The van der Waals surface area contributed by atoms with Gasteiger partial charge in [0.1, 0.15) is 0 Å². The molecule has 2 nitrogen and oxygen atoms in total. The third kappa shape index (κ3) is 2.46. The molecule has 0 amide bonds. The summed E-state index contributed by atoms with van der Waals surface area (Å²) in [6.45, 7) is 2.00. The molecular weight excluding hydrogens is 271 g/mol. The van der Waals surface area contributed by atoms with E-state index >= 15 is 0 Å². The molecule has 0 aliphatic heterocycles. The van der Waals surface area contributed by atoms with Gasteiger partial charge in [0.15, 0.2) is 0 Å². The van der Waals surface area contributed by atoms with Crippen LogP contribution in [0.25, 0.3) is 0 Å². The van der Waals surface area contributed by atoms with Gasteiger partial charge >= 0.3 is 85.3 Å². The number of benzene rings is 1. The van der Waals surface area contributed by atoms with E-state index < -0.39 is 25.7 Å². The van der Waals surface area contributed by atoms with Crippen LogP contribution in [-0.4, -0.2) is 30.8 Å². The fraction of sp³-hybridized carbons (Fsp3) is 0.300. The minimum atomic E-state index is -1.34. The van der Waals surface area contributed by atoms with E-state index in [1.807, 2.05) is 13.0 Å². The Hall–Kier alpha value is -0.511. The fourth-order valence-electron chi connectivity index (χ4n) is 1.36. The third-order valence-corrected chi connectivity index (χ3v) is 6.69. The van der Waals surface area contributed by atoms with Crippen molar-refractivity contribution in [2.45, 2.75) is 16.8 Å². The van der Waals surface area contributed by atoms with Crippen molar-refractivity contribution in [2.24, 2.45) is 0 Å². The molecule has 13 heavy (non-hydrogen) atoms. The first-order valence-electron chi connectivity index (χ1n) is 4.17. The molecule has 0 heterocycles. The van der Waals surface area contributed by atoms with Gasteiger partial charge in [-0.05, 0) is 0 Å². The van der Waals surface area contributed by atoms with E-state index in [2.05, 4.69) is 9.88 Å². The van der Waals surface area contributed by atoms with Crippen LogP contribution in [0, 0.1) is 6.92 Å². The summed E-state index contributed by atoms with van der Waals surface area (Å²) < 4.78 is 1.41. The number of aryl methyl sites for hydroxylation is 1. The Bertz CT molecular complexity index is 332. The number of rotatable bonds is 2. The summed E-state index contributed by atoms with van der Waals surface area (Å²) in [7, 11) is 0. The normalized spacial score (nSPS) is 10.5. The SMILES string of the molecule is Cc1cc(C(=O)O)cc[c]1[Sn]([CH3])[CH3]. The maximum absolute atomic E-state index is 10.7. The first-order chi connectivity index (χ1) is 6.02. The van der Waals surface area contributed by atoms with Crippen LogP contribution in [0.3, 0.4) is 0 Å². The van der Waals surface area contributed by atoms with Crippen molar-refractivity contribution >= 4 is 29.3 Å². The van der Waals surface area contributed by atoms with Gasteiger partial charge < -0.3 is 0 Å². The van der Waals surface area contributed by atoms with E-state index in [9.17, 15) is 4.79 Å². The van der Waals surface area contributed by atoms with E-state index in [0.717, 1.165) is 5.56 Å². The first-order valence-corrected chi connectivity index (χ1v) is 11.3. The van der Waals surface area contributed by atoms with Gasteiger partial charge in [-0.15, -0.1) is 0 Å². The summed E-state index contributed by atoms with van der Waals surface area (Å²) in [5, 5.41) is 8.75. The van der Waals surface area contributed by atoms with Crippen molar-refractivity contribution in [3.63, 3.8) is 0 Å². The van der Waals surface area contributed by atoms with Gasteiger partial charge in [0.2, 0.25) is 0 Å². The molecule has 3 heteroatoms. The molecule has 0 unspecified atom stereocenters. The van der Waals surface area contributed by atoms with Crippen molar-refractivity contribution < 1.29 is 9.90 Å². The number of aromatic carboxylic acids is 1. The summed E-state index contributed by atoms with van der Waals surface area (Å²) in [4.78, 5) is 15.2. The third-order valence-electron chi connectivity index (χ3n) is 2.01. The average Bonchev–Trinajstić information content (AvgIpc) is 2.03. The summed E-state index contributed by atoms with van der Waals surface area (Å²) in [5.41, 5.74) is 1.53. The van der Waals surface area contributed by atoms with Crippen molar-refractivity contribution in [2.75, 3.05) is 0 Å². The predicted octanol–water partition coefficient (Wildman–Crippen LogP) is 1.65. The number of carbonyl (C=O) groups is 1. The van der Waals surface area contributed by atoms with E-state index in [1.54, 1.807) is 12.1 Å². The quantitative estimate of drug-likeness (QED) is 0.838. The second-order valence-corrected chi connectivity index (χ2v) is 10.6. The molecule has 0 atom stereocenters. The second-order valence-electron chi connectivity index (χ2n) is 3.33. The van der Waals surface area contributed by atoms with Crippen LogP contribution < -0.4 is 3.58 Å². The zero-order chi connectivity index (χ0) is 10.0. The van der Waals surface area contributed by atoms with Crippen molar-refractivity contribution in [1.82, 2.24) is 0 Å². The number of carboxylic acid groups (broad SMARTS) is 1. The van der Waals surface area contributed by atoms with E-state index in [0.29, 0.717) is 5.56 Å². The zero-order valence-electron chi connectivity index (χ0n) is 8.09. The average molecular weight is 284 g/mol. The van der Waals surface area contributed by atoms with Crippen molar-refractivity contribution in [1.29, 1.82) is 0 Å². The van der Waals surface area contributed by atoms with Gasteiger partial charge in [-0.2, -0.15) is 0 Å². The van der Waals surface area contributed by atoms with Gasteiger partial charge in [0, 0.05) is 0 Å². The summed E-state index contributed by atoms with van der Waals surface area (Å²) in [5.74, 6) is -0.841. The Morgan fingerprint density at radius 3 is 2.38 bits per heavy atom. The Kier molecular flexibility index (Phi) is 3.36. The molecule has 0 spiro atoms. The molecule has 1 aromatic carbocycles. The number of hydrogen-bond donors (Lipinski definition) is 1. The monoisotopic (exact) mass is 285 g/mol. The standard InChI is InChI=1S/C8H7O2.2CH3.Sn/c1-6-3-2-4-7(5-6)8(9)10;;;/h2,4-5H,1H3,(H,9,10);2*1H3;. The molecule has 0 saturated heterocycles. The molecule has 0 aromatic heterocycles. The topological polar surface area (TPSA) is 37.3 Å². The summed E-state index contributed by atoms with van der Waals surface area (Å²) >= 11 is -1.34. The van der Waals surface area contributed by atoms with Crippen molar-refractivity contribution in [3.05, 3.63) is 29.3 Å². The van der Waals surface area contributed by atoms with Gasteiger partial charge in [0.05, 0.1) is 0 Å². The minimum absolute atomic E-state index is 0.394. The van der Waals surface area contributed by atoms with Gasteiger partial charge in [-0.25, -0.2) is 0 Å². The second kappa shape index (κ2) is 4.13. The first kappa shape index (κ1) is 10.6. The molecule has 1 radical (unpaired) electrons. The Balaban J connectivity index is 3.13. The molecule has 0 saturated carbocycles. The number of carboxylic acids is 1. The molecule has 0 bridgehead atoms. The predicted molar refractivity (Wildman–Crippen MR) is 55.3 cm³/mol. The van der Waals surface area contributed by atoms with E-state index in [4.69, 9.17) is 5.11 Å². The Morgan fingerprint density at radius 1 is 1.38 bits per heavy atom. The van der Waals surface area contributed by atoms with Gasteiger partial charge in [0.25, 0.3) is 0 Å². The summed E-state index contributed by atoms with van der Waals surface area (Å²) in [6.07, 6.45) is 0. The summed E-state index contributed by atoms with van der Waals surface area (Å²) in [6, 6.07) is 5.46. The molecule has 1 rings (SSSR count). The van der Waals surface area contributed by atoms with Crippen LogP contribution in [-0.2, 0) is 0 Å². The fourth-order valence-corrected chi connectivity index (χ4v) is 5.00. The van der Waals surface area contributed by atoms with Crippen LogP contribution in [0.1, 0.15) is 15.9 Å². The molecule has 69 valence electrons. The maximum atomic E-state index is 10.7. The van der Waals surface area contributed by atoms with E-state index in [-0.39, 0.29) is 0 Å². The van der Waals surface area contributed by atoms with Crippen LogP contribution in [0.5, 0.6) is 0 Å². The molecule has 0 aliphatic rings. The zero-order valence-corrected chi connectivity index (χ0v) is 10.9. The number of hydrogen-bond acceptors (Lipinski definition) is 1. The van der Waals surface area contributed by atoms with Crippen molar-refractivity contribution in [3.8, 4) is 0 Å². The van der Waals surface area contributed by atoms with Crippen LogP contribution in [0.2, 0.25) is 9.88 Å². The van der Waals surface area contributed by atoms with E-state index in [1.165, 1.54) is 3.58 Å².